The highest BCUT2D eigenvalue weighted by molar-refractivity contribution is 5.94. The molecule has 0 bridgehead atoms. The molecule has 3 aliphatic heterocycles. The molecular weight excluding hydrogens is 368 g/mol. The Bertz CT molecular complexity index is 749. The zero-order valence-electron chi connectivity index (χ0n) is 16.9. The number of carbonyl (C=O) groups is 2. The molecule has 1 aromatic rings. The predicted octanol–water partition coefficient (Wildman–Crippen LogP) is 2.48. The van der Waals surface area contributed by atoms with Crippen molar-refractivity contribution in [3.63, 3.8) is 0 Å². The van der Waals surface area contributed by atoms with E-state index in [1.165, 1.54) is 12.8 Å². The van der Waals surface area contributed by atoms with Crippen LogP contribution in [0.2, 0.25) is 0 Å². The number of benzene rings is 1. The van der Waals surface area contributed by atoms with Crippen molar-refractivity contribution in [2.24, 2.45) is 5.92 Å². The lowest BCUT2D eigenvalue weighted by atomic mass is 9.72. The molecule has 156 valence electrons. The highest BCUT2D eigenvalue weighted by atomic mass is 16.5. The maximum Gasteiger partial charge on any atom is 0.254 e. The molecule has 1 aromatic carbocycles. The third-order valence-electron chi connectivity index (χ3n) is 7.12. The fourth-order valence-corrected chi connectivity index (χ4v) is 5.24. The summed E-state index contributed by atoms with van der Waals surface area (Å²) < 4.78 is 11.7. The lowest BCUT2D eigenvalue weighted by Crippen LogP contribution is -2.79. The van der Waals surface area contributed by atoms with Crippen LogP contribution in [0.5, 0.6) is 0 Å². The van der Waals surface area contributed by atoms with Crippen molar-refractivity contribution in [3.8, 4) is 0 Å². The second-order valence-corrected chi connectivity index (χ2v) is 8.97. The fourth-order valence-electron chi connectivity index (χ4n) is 5.24. The molecule has 1 saturated carbocycles. The van der Waals surface area contributed by atoms with Crippen molar-refractivity contribution < 1.29 is 19.1 Å². The molecule has 0 radical (unpaired) electrons. The van der Waals surface area contributed by atoms with Gasteiger partial charge in [0.25, 0.3) is 11.8 Å². The van der Waals surface area contributed by atoms with Gasteiger partial charge in [0.2, 0.25) is 0 Å². The molecule has 1 aliphatic carbocycles. The number of nitrogens with zero attached hydrogens (tertiary/aromatic N) is 2. The molecule has 29 heavy (non-hydrogen) atoms. The van der Waals surface area contributed by atoms with E-state index in [0.717, 1.165) is 37.9 Å². The summed E-state index contributed by atoms with van der Waals surface area (Å²) in [5.74, 6) is 0.895. The van der Waals surface area contributed by atoms with E-state index in [-0.39, 0.29) is 29.5 Å². The Balaban J connectivity index is 1.24. The zero-order chi connectivity index (χ0) is 19.8. The normalized spacial score (nSPS) is 27.2. The maximum absolute atomic E-state index is 13.1. The zero-order valence-corrected chi connectivity index (χ0v) is 16.9. The van der Waals surface area contributed by atoms with E-state index in [9.17, 15) is 9.59 Å². The van der Waals surface area contributed by atoms with Gasteiger partial charge in [-0.1, -0.05) is 18.2 Å². The van der Waals surface area contributed by atoms with Crippen molar-refractivity contribution in [1.82, 2.24) is 9.80 Å². The van der Waals surface area contributed by atoms with Gasteiger partial charge < -0.3 is 19.3 Å². The number of amides is 2. The minimum atomic E-state index is -0.295. The van der Waals surface area contributed by atoms with E-state index in [1.807, 2.05) is 35.2 Å². The first-order chi connectivity index (χ1) is 14.2. The van der Waals surface area contributed by atoms with Crippen LogP contribution in [0.15, 0.2) is 30.3 Å². The van der Waals surface area contributed by atoms with Gasteiger partial charge in [0.05, 0.1) is 12.1 Å². The molecule has 3 heterocycles. The third kappa shape index (κ3) is 3.46. The number of β-lactam (4-membered cyclic amide) rings is 1. The standard InChI is InChI=1S/C23H30N2O4/c26-21(18-4-2-1-3-5-18)24-12-8-19(9-13-24)25-22(27)20(29-16-17-6-7-17)23(25)10-14-28-15-11-23/h1-5,17,19-20H,6-16H2. The number of likely N-dealkylation sites (tertiary alicyclic amines) is 2. The Labute approximate surface area is 172 Å². The van der Waals surface area contributed by atoms with Gasteiger partial charge in [-0.25, -0.2) is 0 Å². The van der Waals surface area contributed by atoms with E-state index >= 15 is 0 Å². The van der Waals surface area contributed by atoms with Crippen LogP contribution in [0.1, 0.15) is 48.9 Å². The van der Waals surface area contributed by atoms with E-state index in [2.05, 4.69) is 4.90 Å². The van der Waals surface area contributed by atoms with Crippen LogP contribution in [0, 0.1) is 5.92 Å². The number of rotatable bonds is 5. The molecule has 3 saturated heterocycles. The smallest absolute Gasteiger partial charge is 0.254 e. The predicted molar refractivity (Wildman–Crippen MR) is 107 cm³/mol. The van der Waals surface area contributed by atoms with Gasteiger partial charge in [-0.15, -0.1) is 0 Å². The Morgan fingerprint density at radius 1 is 1.07 bits per heavy atom. The van der Waals surface area contributed by atoms with E-state index < -0.39 is 0 Å². The molecule has 1 atom stereocenters. The first kappa shape index (κ1) is 19.1. The topological polar surface area (TPSA) is 59.1 Å². The SMILES string of the molecule is O=C(c1ccccc1)N1CCC(N2C(=O)C(OCC3CC3)C23CCOCC3)CC1. The summed E-state index contributed by atoms with van der Waals surface area (Å²) in [6, 6.07) is 9.65. The number of carbonyl (C=O) groups excluding carboxylic acids is 2. The number of hydrogen-bond donors (Lipinski definition) is 0. The average molecular weight is 399 g/mol. The summed E-state index contributed by atoms with van der Waals surface area (Å²) in [7, 11) is 0. The molecule has 6 nitrogen and oxygen atoms in total. The van der Waals surface area contributed by atoms with Crippen LogP contribution in [-0.4, -0.2) is 72.2 Å². The molecule has 1 unspecified atom stereocenters. The second-order valence-electron chi connectivity index (χ2n) is 8.97. The Morgan fingerprint density at radius 3 is 2.41 bits per heavy atom. The van der Waals surface area contributed by atoms with Crippen molar-refractivity contribution in [3.05, 3.63) is 35.9 Å². The summed E-state index contributed by atoms with van der Waals surface area (Å²) in [6.45, 7) is 3.50. The Kier molecular flexibility index (Phi) is 5.08. The van der Waals surface area contributed by atoms with Gasteiger partial charge in [-0.3, -0.25) is 9.59 Å². The summed E-state index contributed by atoms with van der Waals surface area (Å²) in [4.78, 5) is 29.9. The number of ether oxygens (including phenoxy) is 2. The van der Waals surface area contributed by atoms with Crippen LogP contribution in [-0.2, 0) is 14.3 Å². The average Bonchev–Trinajstić information content (AvgIpc) is 3.60. The highest BCUT2D eigenvalue weighted by Gasteiger charge is 2.63. The van der Waals surface area contributed by atoms with Gasteiger partial charge in [0, 0.05) is 37.9 Å². The number of hydrogen-bond acceptors (Lipinski definition) is 4. The van der Waals surface area contributed by atoms with Crippen LogP contribution < -0.4 is 0 Å². The fraction of sp³-hybridized carbons (Fsp3) is 0.652. The van der Waals surface area contributed by atoms with Crippen LogP contribution >= 0.6 is 0 Å². The lowest BCUT2D eigenvalue weighted by Gasteiger charge is -2.62. The second kappa shape index (κ2) is 7.73. The molecule has 4 aliphatic rings. The van der Waals surface area contributed by atoms with Gasteiger partial charge in [-0.05, 0) is 56.6 Å². The summed E-state index contributed by atoms with van der Waals surface area (Å²) in [5, 5.41) is 0. The Morgan fingerprint density at radius 2 is 1.76 bits per heavy atom. The van der Waals surface area contributed by atoms with Crippen molar-refractivity contribution >= 4 is 11.8 Å². The molecular formula is C23H30N2O4. The van der Waals surface area contributed by atoms with Crippen molar-refractivity contribution in [2.45, 2.75) is 56.2 Å². The van der Waals surface area contributed by atoms with E-state index in [4.69, 9.17) is 9.47 Å². The van der Waals surface area contributed by atoms with Gasteiger partial charge in [-0.2, -0.15) is 0 Å². The molecule has 6 heteroatoms. The molecule has 4 fully saturated rings. The van der Waals surface area contributed by atoms with Gasteiger partial charge >= 0.3 is 0 Å². The van der Waals surface area contributed by atoms with Gasteiger partial charge in [0.15, 0.2) is 6.10 Å². The molecule has 5 rings (SSSR count). The van der Waals surface area contributed by atoms with E-state index in [0.29, 0.717) is 32.2 Å². The van der Waals surface area contributed by atoms with Crippen LogP contribution in [0.4, 0.5) is 0 Å². The monoisotopic (exact) mass is 398 g/mol. The minimum Gasteiger partial charge on any atom is -0.381 e. The maximum atomic E-state index is 13.1. The largest absolute Gasteiger partial charge is 0.381 e. The molecule has 0 N–H and O–H groups in total. The quantitative estimate of drug-likeness (QED) is 0.715. The third-order valence-corrected chi connectivity index (χ3v) is 7.12. The van der Waals surface area contributed by atoms with E-state index in [1.54, 1.807) is 0 Å². The lowest BCUT2D eigenvalue weighted by molar-refractivity contribution is -0.219. The summed E-state index contributed by atoms with van der Waals surface area (Å²) >= 11 is 0. The first-order valence-corrected chi connectivity index (χ1v) is 11.1. The highest BCUT2D eigenvalue weighted by Crippen LogP contribution is 2.46. The summed E-state index contributed by atoms with van der Waals surface area (Å²) in [5.41, 5.74) is 0.543. The number of piperidine rings is 1. The van der Waals surface area contributed by atoms with Gasteiger partial charge in [0.1, 0.15) is 0 Å². The van der Waals surface area contributed by atoms with Crippen LogP contribution in [0.25, 0.3) is 0 Å². The minimum absolute atomic E-state index is 0.0883. The first-order valence-electron chi connectivity index (χ1n) is 11.1. The molecule has 0 aromatic heterocycles. The molecule has 1 spiro atoms. The van der Waals surface area contributed by atoms with Crippen LogP contribution in [0.3, 0.4) is 0 Å². The van der Waals surface area contributed by atoms with Crippen molar-refractivity contribution in [1.29, 1.82) is 0 Å². The Hall–Kier alpha value is -1.92. The van der Waals surface area contributed by atoms with Crippen molar-refractivity contribution in [2.75, 3.05) is 32.9 Å². The summed E-state index contributed by atoms with van der Waals surface area (Å²) in [6.07, 6.45) is 5.55. The molecule has 2 amide bonds.